The predicted octanol–water partition coefficient (Wildman–Crippen LogP) is 1.40. The lowest BCUT2D eigenvalue weighted by Crippen LogP contribution is -2.47. The molecule has 1 aromatic rings. The number of likely N-dealkylation sites (tertiary alicyclic amines) is 2. The van der Waals surface area contributed by atoms with Crippen molar-refractivity contribution in [3.8, 4) is 0 Å². The highest BCUT2D eigenvalue weighted by molar-refractivity contribution is 5.02. The zero-order chi connectivity index (χ0) is 17.4. The third-order valence-electron chi connectivity index (χ3n) is 5.17. The van der Waals surface area contributed by atoms with Crippen LogP contribution in [0.1, 0.15) is 45.7 Å². The van der Waals surface area contributed by atoms with Gasteiger partial charge in [-0.3, -0.25) is 14.7 Å². The number of hydrogen-bond donors (Lipinski definition) is 2. The lowest BCUT2D eigenvalue weighted by Gasteiger charge is -2.42. The summed E-state index contributed by atoms with van der Waals surface area (Å²) in [5.41, 5.74) is 0.687. The Morgan fingerprint density at radius 3 is 2.54 bits per heavy atom. The van der Waals surface area contributed by atoms with Crippen molar-refractivity contribution in [1.82, 2.24) is 19.8 Å². The fourth-order valence-electron chi connectivity index (χ4n) is 4.46. The number of nitrogens with one attached hydrogen (secondary N) is 2. The lowest BCUT2D eigenvalue weighted by atomic mass is 9.78. The Balaban J connectivity index is 1.63. The molecular formula is C18H30N4O2. The van der Waals surface area contributed by atoms with E-state index >= 15 is 0 Å². The third kappa shape index (κ3) is 4.36. The van der Waals surface area contributed by atoms with E-state index in [1.807, 2.05) is 0 Å². The molecule has 0 unspecified atom stereocenters. The van der Waals surface area contributed by atoms with Crippen molar-refractivity contribution in [1.29, 1.82) is 0 Å². The van der Waals surface area contributed by atoms with Gasteiger partial charge in [0.1, 0.15) is 0 Å². The molecule has 24 heavy (non-hydrogen) atoms. The first-order valence-corrected chi connectivity index (χ1v) is 9.00. The maximum absolute atomic E-state index is 11.5. The summed E-state index contributed by atoms with van der Waals surface area (Å²) in [4.78, 5) is 32.9. The van der Waals surface area contributed by atoms with E-state index in [0.717, 1.165) is 19.6 Å². The summed E-state index contributed by atoms with van der Waals surface area (Å²) < 4.78 is 0. The van der Waals surface area contributed by atoms with Crippen LogP contribution in [-0.2, 0) is 6.54 Å². The molecule has 2 fully saturated rings. The predicted molar refractivity (Wildman–Crippen MR) is 95.1 cm³/mol. The second-order valence-electron chi connectivity index (χ2n) is 8.95. The summed E-state index contributed by atoms with van der Waals surface area (Å²) >= 11 is 0. The molecule has 1 atom stereocenters. The number of H-pyrrole nitrogens is 2. The maximum Gasteiger partial charge on any atom is 0.325 e. The van der Waals surface area contributed by atoms with E-state index < -0.39 is 5.69 Å². The van der Waals surface area contributed by atoms with Crippen molar-refractivity contribution in [3.63, 3.8) is 0 Å². The van der Waals surface area contributed by atoms with Crippen molar-refractivity contribution in [2.75, 3.05) is 32.7 Å². The van der Waals surface area contributed by atoms with Gasteiger partial charge in [-0.2, -0.15) is 0 Å². The van der Waals surface area contributed by atoms with Gasteiger partial charge in [-0.15, -0.1) is 0 Å². The number of aromatic nitrogens is 2. The zero-order valence-electron chi connectivity index (χ0n) is 15.2. The van der Waals surface area contributed by atoms with E-state index in [0.29, 0.717) is 23.1 Å². The Kier molecular flexibility index (Phi) is 4.71. The fraction of sp³-hybridized carbons (Fsp3) is 0.778. The molecular weight excluding hydrogens is 304 g/mol. The van der Waals surface area contributed by atoms with Crippen LogP contribution in [0.4, 0.5) is 0 Å². The molecule has 0 saturated carbocycles. The Morgan fingerprint density at radius 1 is 1.08 bits per heavy atom. The van der Waals surface area contributed by atoms with Crippen molar-refractivity contribution in [3.05, 3.63) is 32.6 Å². The summed E-state index contributed by atoms with van der Waals surface area (Å²) in [5, 5.41) is 0. The van der Waals surface area contributed by atoms with Gasteiger partial charge >= 0.3 is 5.69 Å². The molecule has 6 heteroatoms. The highest BCUT2D eigenvalue weighted by Crippen LogP contribution is 2.39. The van der Waals surface area contributed by atoms with E-state index in [4.69, 9.17) is 0 Å². The number of piperidine rings is 1. The molecule has 2 aliphatic heterocycles. The van der Waals surface area contributed by atoms with Crippen molar-refractivity contribution in [2.24, 2.45) is 10.8 Å². The molecule has 6 nitrogen and oxygen atoms in total. The third-order valence-corrected chi connectivity index (χ3v) is 5.17. The van der Waals surface area contributed by atoms with Gasteiger partial charge in [0.2, 0.25) is 0 Å². The van der Waals surface area contributed by atoms with E-state index in [9.17, 15) is 9.59 Å². The van der Waals surface area contributed by atoms with Crippen LogP contribution >= 0.6 is 0 Å². The van der Waals surface area contributed by atoms with Crippen LogP contribution in [0.3, 0.4) is 0 Å². The Bertz CT molecular complexity index is 659. The highest BCUT2D eigenvalue weighted by Gasteiger charge is 2.41. The summed E-state index contributed by atoms with van der Waals surface area (Å²) in [7, 11) is 0. The van der Waals surface area contributed by atoms with Crippen LogP contribution in [0, 0.1) is 10.8 Å². The van der Waals surface area contributed by atoms with Crippen LogP contribution in [0.2, 0.25) is 0 Å². The Hall–Kier alpha value is -1.40. The van der Waals surface area contributed by atoms with E-state index in [-0.39, 0.29) is 5.56 Å². The summed E-state index contributed by atoms with van der Waals surface area (Å²) in [6.07, 6.45) is 3.77. The van der Waals surface area contributed by atoms with Gasteiger partial charge in [0.05, 0.1) is 0 Å². The SMILES string of the molecule is CC(C)(C)CN1CCC[C@]2(CCN(Cc3cc(=O)[nH]c(=O)[nH]3)C2)C1. The van der Waals surface area contributed by atoms with Crippen LogP contribution < -0.4 is 11.2 Å². The quantitative estimate of drug-likeness (QED) is 0.876. The molecule has 2 aliphatic rings. The molecule has 0 aliphatic carbocycles. The minimum atomic E-state index is -0.416. The molecule has 0 amide bonds. The molecule has 0 bridgehead atoms. The number of nitrogens with zero attached hydrogens (tertiary/aromatic N) is 2. The van der Waals surface area contributed by atoms with E-state index in [1.165, 1.54) is 38.4 Å². The zero-order valence-corrected chi connectivity index (χ0v) is 15.2. The largest absolute Gasteiger partial charge is 0.325 e. The average molecular weight is 334 g/mol. The van der Waals surface area contributed by atoms with Crippen molar-refractivity contribution < 1.29 is 0 Å². The van der Waals surface area contributed by atoms with Gasteiger partial charge in [-0.1, -0.05) is 20.8 Å². The molecule has 1 aromatic heterocycles. The van der Waals surface area contributed by atoms with Gasteiger partial charge in [-0.05, 0) is 43.2 Å². The maximum atomic E-state index is 11.5. The number of aromatic amines is 2. The molecule has 0 radical (unpaired) electrons. The van der Waals surface area contributed by atoms with Gasteiger partial charge in [-0.25, -0.2) is 4.79 Å². The molecule has 3 rings (SSSR count). The molecule has 3 heterocycles. The van der Waals surface area contributed by atoms with Gasteiger partial charge in [0, 0.05) is 37.9 Å². The number of hydrogen-bond acceptors (Lipinski definition) is 4. The second kappa shape index (κ2) is 6.48. The van der Waals surface area contributed by atoms with Crippen LogP contribution in [0.5, 0.6) is 0 Å². The summed E-state index contributed by atoms with van der Waals surface area (Å²) in [5.74, 6) is 0. The minimum Gasteiger partial charge on any atom is -0.310 e. The van der Waals surface area contributed by atoms with E-state index in [2.05, 4.69) is 40.5 Å². The van der Waals surface area contributed by atoms with Crippen LogP contribution in [-0.4, -0.2) is 52.5 Å². The number of rotatable bonds is 3. The molecule has 1 spiro atoms. The van der Waals surface area contributed by atoms with Crippen molar-refractivity contribution >= 4 is 0 Å². The van der Waals surface area contributed by atoms with Gasteiger partial charge in [0.25, 0.3) is 5.56 Å². The monoisotopic (exact) mass is 334 g/mol. The molecule has 2 saturated heterocycles. The first-order valence-electron chi connectivity index (χ1n) is 9.00. The first-order chi connectivity index (χ1) is 11.2. The van der Waals surface area contributed by atoms with Crippen LogP contribution in [0.15, 0.2) is 15.7 Å². The smallest absolute Gasteiger partial charge is 0.310 e. The van der Waals surface area contributed by atoms with Gasteiger partial charge in [0.15, 0.2) is 0 Å². The molecule has 2 N–H and O–H groups in total. The minimum absolute atomic E-state index is 0.323. The molecule has 134 valence electrons. The molecule has 0 aromatic carbocycles. The van der Waals surface area contributed by atoms with Crippen molar-refractivity contribution in [2.45, 2.75) is 46.6 Å². The standard InChI is InChI=1S/C18H30N4O2/c1-17(2,3)11-22-7-4-5-18(13-22)6-8-21(12-18)10-14-9-15(23)20-16(24)19-14/h9H,4-8,10-13H2,1-3H3,(H2,19,20,23,24)/t18-/m1/s1. The highest BCUT2D eigenvalue weighted by atomic mass is 16.2. The summed E-state index contributed by atoms with van der Waals surface area (Å²) in [6, 6.07) is 1.50. The lowest BCUT2D eigenvalue weighted by molar-refractivity contribution is 0.0671. The van der Waals surface area contributed by atoms with Crippen LogP contribution in [0.25, 0.3) is 0 Å². The summed E-state index contributed by atoms with van der Waals surface area (Å²) in [6.45, 7) is 13.2. The van der Waals surface area contributed by atoms with Gasteiger partial charge < -0.3 is 9.88 Å². The van der Waals surface area contributed by atoms with E-state index in [1.54, 1.807) is 0 Å². The fourth-order valence-corrected chi connectivity index (χ4v) is 4.46. The average Bonchev–Trinajstić information content (AvgIpc) is 2.78. The second-order valence-corrected chi connectivity index (χ2v) is 8.95. The first kappa shape index (κ1) is 17.4. The topological polar surface area (TPSA) is 72.2 Å². The normalized spacial score (nSPS) is 26.3. The Morgan fingerprint density at radius 2 is 1.83 bits per heavy atom. The Labute approximate surface area is 143 Å².